The number of nitrogens with zero attached hydrogens (tertiary/aromatic N) is 2. The highest BCUT2D eigenvalue weighted by Gasteiger charge is 2.44. The molecule has 1 aliphatic heterocycles. The first kappa shape index (κ1) is 22.8. The van der Waals surface area contributed by atoms with Gasteiger partial charge in [0.25, 0.3) is 0 Å². The Bertz CT molecular complexity index is 1080. The lowest BCUT2D eigenvalue weighted by Gasteiger charge is -2.46. The molecule has 1 amide bonds. The van der Waals surface area contributed by atoms with Gasteiger partial charge in [0.2, 0.25) is 0 Å². The lowest BCUT2D eigenvalue weighted by Crippen LogP contribution is -2.53. The van der Waals surface area contributed by atoms with Crippen molar-refractivity contribution >= 4 is 40.7 Å². The van der Waals surface area contributed by atoms with Crippen LogP contribution in [0.15, 0.2) is 24.4 Å². The number of hydrogen-bond acceptors (Lipinski definition) is 5. The Morgan fingerprint density at radius 2 is 1.72 bits per heavy atom. The molecule has 0 N–H and O–H groups in total. The SMILES string of the molecule is CC(C)(C)OC(=O)N1CC(C=S)CC2c3cccc4c3c(cn4C(=O)OC(C)(C)C)C[C@H]21. The molecule has 0 saturated carbocycles. The molecular formula is C25H32N2O4S. The van der Waals surface area contributed by atoms with Gasteiger partial charge in [-0.3, -0.25) is 4.57 Å². The normalized spacial score (nSPS) is 22.9. The Labute approximate surface area is 194 Å². The van der Waals surface area contributed by atoms with Crippen molar-refractivity contribution in [2.75, 3.05) is 6.54 Å². The average molecular weight is 457 g/mol. The van der Waals surface area contributed by atoms with Crippen LogP contribution in [-0.4, -0.2) is 50.8 Å². The molecule has 1 saturated heterocycles. The summed E-state index contributed by atoms with van der Waals surface area (Å²) in [5.41, 5.74) is 1.90. The van der Waals surface area contributed by atoms with E-state index in [4.69, 9.17) is 21.7 Å². The number of hydrogen-bond donors (Lipinski definition) is 0. The van der Waals surface area contributed by atoms with Gasteiger partial charge in [-0.25, -0.2) is 9.59 Å². The number of likely N-dealkylation sites (tertiary alicyclic amines) is 1. The number of aromatic nitrogens is 1. The van der Waals surface area contributed by atoms with Crippen molar-refractivity contribution in [2.24, 2.45) is 5.92 Å². The summed E-state index contributed by atoms with van der Waals surface area (Å²) in [6.07, 6.45) is 2.71. The molecule has 1 aliphatic carbocycles. The Morgan fingerprint density at radius 1 is 1.06 bits per heavy atom. The highest BCUT2D eigenvalue weighted by atomic mass is 32.1. The lowest BCUT2D eigenvalue weighted by molar-refractivity contribution is 0.00290. The zero-order valence-corrected chi connectivity index (χ0v) is 20.5. The van der Waals surface area contributed by atoms with Crippen molar-refractivity contribution in [2.45, 2.75) is 77.5 Å². The predicted octanol–water partition coefficient (Wildman–Crippen LogP) is 5.69. The van der Waals surface area contributed by atoms with Crippen LogP contribution in [0.5, 0.6) is 0 Å². The number of ether oxygens (including phenoxy) is 2. The van der Waals surface area contributed by atoms with Gasteiger partial charge in [-0.15, -0.1) is 0 Å². The first-order chi connectivity index (χ1) is 14.9. The van der Waals surface area contributed by atoms with Crippen LogP contribution >= 0.6 is 12.2 Å². The van der Waals surface area contributed by atoms with Crippen molar-refractivity contribution in [3.05, 3.63) is 35.5 Å². The minimum absolute atomic E-state index is 0.0383. The second-order valence-corrected chi connectivity index (χ2v) is 11.2. The van der Waals surface area contributed by atoms with E-state index in [-0.39, 0.29) is 24.0 Å². The van der Waals surface area contributed by atoms with Gasteiger partial charge in [-0.1, -0.05) is 24.4 Å². The molecule has 2 aliphatic rings. The summed E-state index contributed by atoms with van der Waals surface area (Å²) in [4.78, 5) is 27.9. The Hall–Kier alpha value is -2.41. The maximum absolute atomic E-state index is 13.1. The van der Waals surface area contributed by atoms with Crippen LogP contribution in [0.1, 0.15) is 65.0 Å². The number of benzene rings is 1. The van der Waals surface area contributed by atoms with Crippen molar-refractivity contribution in [3.63, 3.8) is 0 Å². The second kappa shape index (κ2) is 7.87. The molecule has 7 heteroatoms. The van der Waals surface area contributed by atoms with E-state index < -0.39 is 17.3 Å². The number of amides is 1. The summed E-state index contributed by atoms with van der Waals surface area (Å²) in [5.74, 6) is 0.245. The molecule has 6 nitrogen and oxygen atoms in total. The molecule has 0 spiro atoms. The van der Waals surface area contributed by atoms with E-state index in [1.165, 1.54) is 0 Å². The molecule has 3 atom stereocenters. The van der Waals surface area contributed by atoms with Crippen LogP contribution in [0.3, 0.4) is 0 Å². The monoisotopic (exact) mass is 456 g/mol. The average Bonchev–Trinajstić information content (AvgIpc) is 3.05. The number of fused-ring (bicyclic) bond motifs is 2. The highest BCUT2D eigenvalue weighted by Crippen LogP contribution is 2.45. The second-order valence-electron chi connectivity index (χ2n) is 10.9. The fourth-order valence-electron chi connectivity index (χ4n) is 4.93. The van der Waals surface area contributed by atoms with E-state index in [1.54, 1.807) is 9.93 Å². The number of carbonyl (C=O) groups is 2. The Kier molecular flexibility index (Phi) is 5.60. The lowest BCUT2D eigenvalue weighted by atomic mass is 9.73. The topological polar surface area (TPSA) is 60.8 Å². The van der Waals surface area contributed by atoms with E-state index in [9.17, 15) is 9.59 Å². The van der Waals surface area contributed by atoms with Gasteiger partial charge in [0.15, 0.2) is 0 Å². The summed E-state index contributed by atoms with van der Waals surface area (Å²) in [6.45, 7) is 11.8. The zero-order valence-electron chi connectivity index (χ0n) is 19.7. The molecule has 4 rings (SSSR count). The van der Waals surface area contributed by atoms with E-state index in [0.29, 0.717) is 13.0 Å². The fourth-order valence-corrected chi connectivity index (χ4v) is 5.13. The standard InChI is InChI=1S/C25H32N2O4S/c1-24(2,3)30-22(28)26-12-15(14-32)10-18-17-8-7-9-19-21(17)16(11-20(18)26)13-27(19)23(29)31-25(4,5)6/h7-9,13-15,18,20H,10-12H2,1-6H3/t15?,18?,20-/m1/s1. The summed E-state index contributed by atoms with van der Waals surface area (Å²) in [6, 6.07) is 6.01. The van der Waals surface area contributed by atoms with Crippen LogP contribution < -0.4 is 0 Å². The third-order valence-corrected chi connectivity index (χ3v) is 6.42. The van der Waals surface area contributed by atoms with Crippen LogP contribution in [0.4, 0.5) is 9.59 Å². The summed E-state index contributed by atoms with van der Waals surface area (Å²) < 4.78 is 13.0. The zero-order chi connectivity index (χ0) is 23.4. The largest absolute Gasteiger partial charge is 0.444 e. The van der Waals surface area contributed by atoms with Crippen molar-refractivity contribution in [1.82, 2.24) is 9.47 Å². The van der Waals surface area contributed by atoms with E-state index >= 15 is 0 Å². The number of carbonyl (C=O) groups excluding carboxylic acids is 2. The first-order valence-electron chi connectivity index (χ1n) is 11.2. The summed E-state index contributed by atoms with van der Waals surface area (Å²) in [5, 5.41) is 2.86. The van der Waals surface area contributed by atoms with E-state index in [0.717, 1.165) is 28.5 Å². The maximum Gasteiger partial charge on any atom is 0.419 e. The third kappa shape index (κ3) is 4.27. The first-order valence-corrected chi connectivity index (χ1v) is 11.7. The minimum atomic E-state index is -0.584. The Balaban J connectivity index is 1.77. The number of thiocarbonyl (C=S) groups is 1. The van der Waals surface area contributed by atoms with Gasteiger partial charge < -0.3 is 14.4 Å². The summed E-state index contributed by atoms with van der Waals surface area (Å²) >= 11 is 5.29. The van der Waals surface area contributed by atoms with Crippen LogP contribution in [0.2, 0.25) is 0 Å². The van der Waals surface area contributed by atoms with E-state index in [2.05, 4.69) is 6.07 Å². The molecule has 172 valence electrons. The molecule has 0 bridgehead atoms. The molecule has 2 heterocycles. The smallest absolute Gasteiger partial charge is 0.419 e. The van der Waals surface area contributed by atoms with Crippen LogP contribution in [-0.2, 0) is 15.9 Å². The van der Waals surface area contributed by atoms with Crippen molar-refractivity contribution in [1.29, 1.82) is 0 Å². The van der Waals surface area contributed by atoms with Crippen molar-refractivity contribution < 1.29 is 19.1 Å². The van der Waals surface area contributed by atoms with Crippen molar-refractivity contribution in [3.8, 4) is 0 Å². The van der Waals surface area contributed by atoms with E-state index in [1.807, 2.05) is 64.8 Å². The Morgan fingerprint density at radius 3 is 2.34 bits per heavy atom. The minimum Gasteiger partial charge on any atom is -0.444 e. The van der Waals surface area contributed by atoms with Gasteiger partial charge >= 0.3 is 12.2 Å². The molecule has 2 aromatic rings. The molecule has 1 fully saturated rings. The molecular weight excluding hydrogens is 424 g/mol. The van der Waals surface area contributed by atoms with Gasteiger partial charge in [0.1, 0.15) is 11.2 Å². The van der Waals surface area contributed by atoms with Crippen LogP contribution in [0.25, 0.3) is 10.9 Å². The number of rotatable bonds is 1. The molecule has 1 aromatic heterocycles. The fraction of sp³-hybridized carbons (Fsp3) is 0.560. The predicted molar refractivity (Wildman–Crippen MR) is 129 cm³/mol. The van der Waals surface area contributed by atoms with Gasteiger partial charge in [0, 0.05) is 36.0 Å². The molecule has 2 unspecified atom stereocenters. The number of piperidine rings is 1. The van der Waals surface area contributed by atoms with Gasteiger partial charge in [0.05, 0.1) is 5.52 Å². The van der Waals surface area contributed by atoms with Gasteiger partial charge in [-0.2, -0.15) is 0 Å². The quantitative estimate of drug-likeness (QED) is 0.516. The molecule has 32 heavy (non-hydrogen) atoms. The van der Waals surface area contributed by atoms with Gasteiger partial charge in [-0.05, 0) is 76.9 Å². The third-order valence-electron chi connectivity index (χ3n) is 6.03. The molecule has 0 radical (unpaired) electrons. The van der Waals surface area contributed by atoms with Crippen LogP contribution in [0, 0.1) is 5.92 Å². The maximum atomic E-state index is 13.1. The molecule has 1 aromatic carbocycles. The summed E-state index contributed by atoms with van der Waals surface area (Å²) in [7, 11) is 0. The highest BCUT2D eigenvalue weighted by molar-refractivity contribution is 7.79.